The molecule has 29 heavy (non-hydrogen) atoms. The van der Waals surface area contributed by atoms with Crippen molar-refractivity contribution in [1.82, 2.24) is 0 Å². The van der Waals surface area contributed by atoms with Gasteiger partial charge in [-0.25, -0.2) is 8.42 Å². The van der Waals surface area contributed by atoms with E-state index in [0.29, 0.717) is 17.1 Å². The quantitative estimate of drug-likeness (QED) is 0.749. The Bertz CT molecular complexity index is 968. The van der Waals surface area contributed by atoms with Gasteiger partial charge in [0.15, 0.2) is 0 Å². The van der Waals surface area contributed by atoms with Crippen molar-refractivity contribution in [3.63, 3.8) is 0 Å². The summed E-state index contributed by atoms with van der Waals surface area (Å²) >= 11 is 0. The molecular formula is C21H27N3O4S. The van der Waals surface area contributed by atoms with Crippen molar-refractivity contribution in [3.05, 3.63) is 48.0 Å². The van der Waals surface area contributed by atoms with Crippen LogP contribution in [0.4, 0.5) is 17.1 Å². The van der Waals surface area contributed by atoms with Gasteiger partial charge in [-0.3, -0.25) is 9.10 Å². The number of carbonyl (C=O) groups excluding carboxylic acids is 1. The fourth-order valence-corrected chi connectivity index (χ4v) is 4.29. The summed E-state index contributed by atoms with van der Waals surface area (Å²) in [5.74, 6) is -0.0308. The topological polar surface area (TPSA) is 79.0 Å². The first-order valence-electron chi connectivity index (χ1n) is 9.55. The highest BCUT2D eigenvalue weighted by Gasteiger charge is 2.24. The molecule has 0 saturated carbocycles. The van der Waals surface area contributed by atoms with Gasteiger partial charge >= 0.3 is 0 Å². The molecule has 7 nitrogen and oxygen atoms in total. The zero-order valence-electron chi connectivity index (χ0n) is 17.0. The number of aryl methyl sites for hydroxylation is 1. The first-order chi connectivity index (χ1) is 13.8. The molecule has 3 rings (SSSR count). The molecule has 1 aliphatic heterocycles. The molecule has 1 saturated heterocycles. The maximum Gasteiger partial charge on any atom is 0.245 e. The van der Waals surface area contributed by atoms with E-state index in [-0.39, 0.29) is 6.54 Å². The highest BCUT2D eigenvalue weighted by atomic mass is 32.2. The molecule has 1 aliphatic rings. The number of ether oxygens (including phenoxy) is 1. The van der Waals surface area contributed by atoms with Crippen LogP contribution in [0.15, 0.2) is 42.5 Å². The Morgan fingerprint density at radius 1 is 1.14 bits per heavy atom. The minimum absolute atomic E-state index is 0.341. The van der Waals surface area contributed by atoms with E-state index in [9.17, 15) is 13.2 Å². The van der Waals surface area contributed by atoms with Crippen LogP contribution in [0.1, 0.15) is 18.4 Å². The molecular weight excluding hydrogens is 390 g/mol. The summed E-state index contributed by atoms with van der Waals surface area (Å²) in [5, 5.41) is 2.78. The van der Waals surface area contributed by atoms with Crippen LogP contribution < -0.4 is 19.3 Å². The number of rotatable bonds is 7. The number of methoxy groups -OCH3 is 1. The largest absolute Gasteiger partial charge is 0.495 e. The molecule has 156 valence electrons. The van der Waals surface area contributed by atoms with Crippen LogP contribution >= 0.6 is 0 Å². The van der Waals surface area contributed by atoms with E-state index in [1.54, 1.807) is 12.1 Å². The van der Waals surface area contributed by atoms with Gasteiger partial charge in [-0.2, -0.15) is 0 Å². The van der Waals surface area contributed by atoms with E-state index in [1.165, 1.54) is 20.0 Å². The average Bonchev–Trinajstić information content (AvgIpc) is 3.20. The predicted molar refractivity (Wildman–Crippen MR) is 116 cm³/mol. The maximum atomic E-state index is 12.6. The predicted octanol–water partition coefficient (Wildman–Crippen LogP) is 3.01. The molecule has 1 heterocycles. The highest BCUT2D eigenvalue weighted by Crippen LogP contribution is 2.31. The molecule has 0 radical (unpaired) electrons. The summed E-state index contributed by atoms with van der Waals surface area (Å²) in [6, 6.07) is 12.8. The molecule has 0 atom stereocenters. The molecule has 0 unspecified atom stereocenters. The lowest BCUT2D eigenvalue weighted by Gasteiger charge is -2.24. The van der Waals surface area contributed by atoms with Crippen LogP contribution in [0.25, 0.3) is 0 Å². The monoisotopic (exact) mass is 417 g/mol. The zero-order chi connectivity index (χ0) is 21.0. The first kappa shape index (κ1) is 21.0. The molecule has 2 aromatic rings. The summed E-state index contributed by atoms with van der Waals surface area (Å²) in [7, 11) is -2.22. The van der Waals surface area contributed by atoms with E-state index in [0.717, 1.165) is 34.9 Å². The Kier molecular flexibility index (Phi) is 6.32. The number of amides is 1. The van der Waals surface area contributed by atoms with Gasteiger partial charge in [0.05, 0.1) is 19.1 Å². The minimum Gasteiger partial charge on any atom is -0.495 e. The Balaban J connectivity index is 1.75. The van der Waals surface area contributed by atoms with E-state index in [1.807, 2.05) is 37.3 Å². The number of nitrogens with zero attached hydrogens (tertiary/aromatic N) is 2. The highest BCUT2D eigenvalue weighted by molar-refractivity contribution is 7.92. The van der Waals surface area contributed by atoms with Crippen LogP contribution in [-0.4, -0.2) is 47.3 Å². The maximum absolute atomic E-state index is 12.6. The molecule has 2 aromatic carbocycles. The number of sulfonamides is 1. The smallest absolute Gasteiger partial charge is 0.245 e. The zero-order valence-corrected chi connectivity index (χ0v) is 17.8. The van der Waals surface area contributed by atoms with Crippen LogP contribution in [0.5, 0.6) is 5.75 Å². The summed E-state index contributed by atoms with van der Waals surface area (Å²) in [6.45, 7) is 3.61. The van der Waals surface area contributed by atoms with Gasteiger partial charge in [0.1, 0.15) is 12.3 Å². The SMILES string of the molecule is COc1ccc(C)cc1N(CC(=O)Nc1ccc(N2CCCC2)cc1)S(C)(=O)=O. The molecule has 0 spiro atoms. The van der Waals surface area contributed by atoms with Gasteiger partial charge in [-0.15, -0.1) is 0 Å². The van der Waals surface area contributed by atoms with Crippen molar-refractivity contribution in [3.8, 4) is 5.75 Å². The van der Waals surface area contributed by atoms with E-state index in [2.05, 4.69) is 10.2 Å². The van der Waals surface area contributed by atoms with Crippen molar-refractivity contribution >= 4 is 33.0 Å². The van der Waals surface area contributed by atoms with Crippen molar-refractivity contribution < 1.29 is 17.9 Å². The summed E-state index contributed by atoms with van der Waals surface area (Å²) in [6.07, 6.45) is 3.47. The fourth-order valence-electron chi connectivity index (χ4n) is 3.44. The molecule has 0 aromatic heterocycles. The number of carbonyl (C=O) groups is 1. The normalized spacial score (nSPS) is 14.0. The second-order valence-corrected chi connectivity index (χ2v) is 9.14. The third-order valence-electron chi connectivity index (χ3n) is 4.91. The average molecular weight is 418 g/mol. The third kappa shape index (κ3) is 5.20. The van der Waals surface area contributed by atoms with E-state index in [4.69, 9.17) is 4.74 Å². The van der Waals surface area contributed by atoms with Crippen molar-refractivity contribution in [2.75, 3.05) is 47.5 Å². The summed E-state index contributed by atoms with van der Waals surface area (Å²) < 4.78 is 31.1. The van der Waals surface area contributed by atoms with Crippen LogP contribution in [0.2, 0.25) is 0 Å². The third-order valence-corrected chi connectivity index (χ3v) is 6.04. The summed E-state index contributed by atoms with van der Waals surface area (Å²) in [4.78, 5) is 14.9. The second kappa shape index (κ2) is 8.73. The number of benzene rings is 2. The molecule has 0 bridgehead atoms. The van der Waals surface area contributed by atoms with Gasteiger partial charge in [0.25, 0.3) is 0 Å². The lowest BCUT2D eigenvalue weighted by Crippen LogP contribution is -2.37. The molecule has 1 amide bonds. The van der Waals surface area contributed by atoms with Crippen LogP contribution in [0.3, 0.4) is 0 Å². The first-order valence-corrected chi connectivity index (χ1v) is 11.4. The van der Waals surface area contributed by atoms with E-state index >= 15 is 0 Å². The van der Waals surface area contributed by atoms with Gasteiger partial charge in [-0.1, -0.05) is 6.07 Å². The van der Waals surface area contributed by atoms with Gasteiger partial charge in [0.2, 0.25) is 15.9 Å². The molecule has 8 heteroatoms. The number of hydrogen-bond acceptors (Lipinski definition) is 5. The molecule has 1 fully saturated rings. The fraction of sp³-hybridized carbons (Fsp3) is 0.381. The Hall–Kier alpha value is -2.74. The van der Waals surface area contributed by atoms with Crippen molar-refractivity contribution in [1.29, 1.82) is 0 Å². The number of hydrogen-bond donors (Lipinski definition) is 1. The van der Waals surface area contributed by atoms with Gasteiger partial charge in [0, 0.05) is 24.5 Å². The lowest BCUT2D eigenvalue weighted by molar-refractivity contribution is -0.114. The molecule has 0 aliphatic carbocycles. The molecule has 1 N–H and O–H groups in total. The second-order valence-electron chi connectivity index (χ2n) is 7.23. The number of anilines is 3. The van der Waals surface area contributed by atoms with Crippen molar-refractivity contribution in [2.45, 2.75) is 19.8 Å². The van der Waals surface area contributed by atoms with Crippen molar-refractivity contribution in [2.24, 2.45) is 0 Å². The van der Waals surface area contributed by atoms with Gasteiger partial charge < -0.3 is 15.0 Å². The van der Waals surface area contributed by atoms with E-state index < -0.39 is 15.9 Å². The summed E-state index contributed by atoms with van der Waals surface area (Å²) in [5.41, 5.74) is 2.97. The van der Waals surface area contributed by atoms with Crippen LogP contribution in [0, 0.1) is 6.92 Å². The van der Waals surface area contributed by atoms with Crippen LogP contribution in [-0.2, 0) is 14.8 Å². The Morgan fingerprint density at radius 2 is 1.79 bits per heavy atom. The lowest BCUT2D eigenvalue weighted by atomic mass is 10.2. The minimum atomic E-state index is -3.69. The Morgan fingerprint density at radius 3 is 2.38 bits per heavy atom. The number of nitrogens with one attached hydrogen (secondary N) is 1. The Labute approximate surface area is 172 Å². The van der Waals surface area contributed by atoms with Gasteiger partial charge in [-0.05, 0) is 61.7 Å². The standard InChI is InChI=1S/C21H27N3O4S/c1-16-6-11-20(28-2)19(14-16)24(29(3,26)27)15-21(25)22-17-7-9-18(10-8-17)23-12-4-5-13-23/h6-11,14H,4-5,12-13,15H2,1-3H3,(H,22,25).